The molecule has 4 rings (SSSR count). The van der Waals surface area contributed by atoms with Gasteiger partial charge >= 0.3 is 0 Å². The van der Waals surface area contributed by atoms with Gasteiger partial charge in [-0.25, -0.2) is 4.98 Å². The van der Waals surface area contributed by atoms with Gasteiger partial charge < -0.3 is 9.73 Å². The van der Waals surface area contributed by atoms with Crippen LogP contribution in [0, 0.1) is 6.92 Å². The highest BCUT2D eigenvalue weighted by atomic mass is 35.5. The topological polar surface area (TPSA) is 67.2 Å². The molecule has 0 saturated carbocycles. The molecule has 168 valence electrons. The van der Waals surface area contributed by atoms with E-state index in [4.69, 9.17) is 28.2 Å². The molecule has 0 fully saturated rings. The van der Waals surface area contributed by atoms with Crippen LogP contribution < -0.4 is 10.6 Å². The summed E-state index contributed by atoms with van der Waals surface area (Å²) in [6.07, 6.45) is 1.06. The van der Waals surface area contributed by atoms with Crippen LogP contribution in [0.1, 0.15) is 47.7 Å². The van der Waals surface area contributed by atoms with Gasteiger partial charge in [0.1, 0.15) is 5.52 Å². The van der Waals surface area contributed by atoms with Gasteiger partial charge in [0.25, 0.3) is 5.91 Å². The molecule has 0 aliphatic heterocycles. The molecule has 1 heterocycles. The number of hydrogen-bond donors (Lipinski definition) is 2. The van der Waals surface area contributed by atoms with Crippen molar-refractivity contribution in [2.75, 3.05) is 5.32 Å². The lowest BCUT2D eigenvalue weighted by Gasteiger charge is -2.12. The highest BCUT2D eigenvalue weighted by molar-refractivity contribution is 7.80. The molecule has 1 aromatic heterocycles. The summed E-state index contributed by atoms with van der Waals surface area (Å²) >= 11 is 11.7. The summed E-state index contributed by atoms with van der Waals surface area (Å²) in [7, 11) is 0. The van der Waals surface area contributed by atoms with Gasteiger partial charge in [0.05, 0.1) is 10.7 Å². The molecular weight excluding hydrogens is 454 g/mol. The van der Waals surface area contributed by atoms with Crippen LogP contribution in [0.4, 0.5) is 5.69 Å². The number of halogens is 1. The SMILES string of the molecule is CC[C@H](C)c1ccc2oc(-c3ccc(Cl)c(NC(=S)NC(=O)c4cccc(C)c4)c3)nc2c1. The molecule has 3 aromatic carbocycles. The monoisotopic (exact) mass is 477 g/mol. The Labute approximate surface area is 203 Å². The van der Waals surface area contributed by atoms with E-state index in [1.807, 2.05) is 31.2 Å². The van der Waals surface area contributed by atoms with Gasteiger partial charge in [0.15, 0.2) is 10.7 Å². The third-order valence-electron chi connectivity index (χ3n) is 5.56. The van der Waals surface area contributed by atoms with E-state index in [9.17, 15) is 4.79 Å². The number of aromatic nitrogens is 1. The Morgan fingerprint density at radius 3 is 2.73 bits per heavy atom. The van der Waals surface area contributed by atoms with Crippen molar-refractivity contribution in [3.8, 4) is 11.5 Å². The van der Waals surface area contributed by atoms with E-state index in [1.54, 1.807) is 24.3 Å². The van der Waals surface area contributed by atoms with Crippen molar-refractivity contribution in [3.63, 3.8) is 0 Å². The van der Waals surface area contributed by atoms with Gasteiger partial charge in [0.2, 0.25) is 5.89 Å². The molecule has 2 N–H and O–H groups in total. The van der Waals surface area contributed by atoms with Crippen molar-refractivity contribution >= 4 is 51.6 Å². The molecule has 1 amide bonds. The van der Waals surface area contributed by atoms with Crippen molar-refractivity contribution in [1.29, 1.82) is 0 Å². The first-order valence-electron chi connectivity index (χ1n) is 10.7. The number of fused-ring (bicyclic) bond motifs is 1. The molecule has 4 aromatic rings. The van der Waals surface area contributed by atoms with E-state index in [0.717, 1.165) is 28.6 Å². The van der Waals surface area contributed by atoms with Crippen LogP contribution in [0.25, 0.3) is 22.6 Å². The number of nitrogens with one attached hydrogen (secondary N) is 2. The van der Waals surface area contributed by atoms with E-state index >= 15 is 0 Å². The minimum Gasteiger partial charge on any atom is -0.436 e. The van der Waals surface area contributed by atoms with Crippen LogP contribution in [-0.2, 0) is 0 Å². The molecule has 33 heavy (non-hydrogen) atoms. The second-order valence-corrected chi connectivity index (χ2v) is 8.84. The highest BCUT2D eigenvalue weighted by Crippen LogP contribution is 2.31. The van der Waals surface area contributed by atoms with Crippen LogP contribution in [0.5, 0.6) is 0 Å². The average Bonchev–Trinajstić information content (AvgIpc) is 3.23. The van der Waals surface area contributed by atoms with Crippen LogP contribution in [0.3, 0.4) is 0 Å². The number of benzene rings is 3. The molecule has 0 bridgehead atoms. The van der Waals surface area contributed by atoms with E-state index in [0.29, 0.717) is 28.1 Å². The number of oxazole rings is 1. The van der Waals surface area contributed by atoms with Gasteiger partial charge in [-0.05, 0) is 79.5 Å². The fourth-order valence-corrected chi connectivity index (χ4v) is 3.85. The number of carbonyl (C=O) groups excluding carboxylic acids is 1. The number of hydrogen-bond acceptors (Lipinski definition) is 4. The molecular formula is C26H24ClN3O2S. The second-order valence-electron chi connectivity index (χ2n) is 8.03. The quantitative estimate of drug-likeness (QED) is 0.300. The molecule has 1 atom stereocenters. The summed E-state index contributed by atoms with van der Waals surface area (Å²) in [4.78, 5) is 17.1. The molecule has 0 aliphatic rings. The Balaban J connectivity index is 1.54. The summed E-state index contributed by atoms with van der Waals surface area (Å²) < 4.78 is 5.97. The van der Waals surface area contributed by atoms with Crippen LogP contribution in [0.2, 0.25) is 5.02 Å². The third kappa shape index (κ3) is 5.24. The van der Waals surface area contributed by atoms with Gasteiger partial charge in [-0.2, -0.15) is 0 Å². The molecule has 0 radical (unpaired) electrons. The van der Waals surface area contributed by atoms with Crippen molar-refractivity contribution in [1.82, 2.24) is 10.3 Å². The number of rotatable bonds is 5. The van der Waals surface area contributed by atoms with Gasteiger partial charge in [-0.3, -0.25) is 10.1 Å². The molecule has 5 nitrogen and oxygen atoms in total. The Morgan fingerprint density at radius 2 is 1.97 bits per heavy atom. The van der Waals surface area contributed by atoms with Gasteiger partial charge in [-0.15, -0.1) is 0 Å². The summed E-state index contributed by atoms with van der Waals surface area (Å²) in [6.45, 7) is 6.29. The Hall–Kier alpha value is -3.22. The number of nitrogens with zero attached hydrogens (tertiary/aromatic N) is 1. The van der Waals surface area contributed by atoms with E-state index in [-0.39, 0.29) is 11.0 Å². The number of carbonyl (C=O) groups is 1. The summed E-state index contributed by atoms with van der Waals surface area (Å²) in [5.74, 6) is 0.650. The fourth-order valence-electron chi connectivity index (χ4n) is 3.48. The van der Waals surface area contributed by atoms with E-state index < -0.39 is 0 Å². The van der Waals surface area contributed by atoms with Gasteiger partial charge in [0, 0.05) is 11.1 Å². The average molecular weight is 478 g/mol. The molecule has 0 unspecified atom stereocenters. The zero-order valence-corrected chi connectivity index (χ0v) is 20.2. The first-order chi connectivity index (χ1) is 15.8. The highest BCUT2D eigenvalue weighted by Gasteiger charge is 2.14. The summed E-state index contributed by atoms with van der Waals surface area (Å²) in [5, 5.41) is 6.29. The predicted octanol–water partition coefficient (Wildman–Crippen LogP) is 7.10. The Bertz CT molecular complexity index is 1350. The normalized spacial score (nSPS) is 11.9. The largest absolute Gasteiger partial charge is 0.436 e. The number of anilines is 1. The Kier molecular flexibility index (Phi) is 6.77. The number of aryl methyl sites for hydroxylation is 1. The lowest BCUT2D eigenvalue weighted by Crippen LogP contribution is -2.34. The first-order valence-corrected chi connectivity index (χ1v) is 11.5. The fraction of sp³-hybridized carbons (Fsp3) is 0.192. The minimum atomic E-state index is -0.292. The van der Waals surface area contributed by atoms with Crippen molar-refractivity contribution in [3.05, 3.63) is 82.4 Å². The van der Waals surface area contributed by atoms with Crippen LogP contribution in [0.15, 0.2) is 65.1 Å². The third-order valence-corrected chi connectivity index (χ3v) is 6.10. The van der Waals surface area contributed by atoms with Crippen molar-refractivity contribution < 1.29 is 9.21 Å². The van der Waals surface area contributed by atoms with Crippen LogP contribution >= 0.6 is 23.8 Å². The summed E-state index contributed by atoms with van der Waals surface area (Å²) in [6, 6.07) is 18.8. The maximum Gasteiger partial charge on any atom is 0.257 e. The zero-order chi connectivity index (χ0) is 23.5. The predicted molar refractivity (Wildman–Crippen MR) is 138 cm³/mol. The lowest BCUT2D eigenvalue weighted by molar-refractivity contribution is 0.0977. The van der Waals surface area contributed by atoms with Crippen LogP contribution in [-0.4, -0.2) is 16.0 Å². The smallest absolute Gasteiger partial charge is 0.257 e. The molecule has 0 spiro atoms. The van der Waals surface area contributed by atoms with Gasteiger partial charge in [-0.1, -0.05) is 49.2 Å². The van der Waals surface area contributed by atoms with E-state index in [2.05, 4.69) is 41.6 Å². The second kappa shape index (κ2) is 9.73. The van der Waals surface area contributed by atoms with E-state index in [1.165, 1.54) is 5.56 Å². The molecule has 0 aliphatic carbocycles. The standard InChI is InChI=1S/C26H24ClN3O2S/c1-4-16(3)17-9-11-23-22(13-17)28-25(32-23)19-8-10-20(27)21(14-19)29-26(33)30-24(31)18-7-5-6-15(2)12-18/h5-14,16H,4H2,1-3H3,(H2,29,30,31,33)/t16-/m0/s1. The number of amides is 1. The van der Waals surface area contributed by atoms with Crippen molar-refractivity contribution in [2.24, 2.45) is 0 Å². The Morgan fingerprint density at radius 1 is 1.15 bits per heavy atom. The summed E-state index contributed by atoms with van der Waals surface area (Å²) in [5.41, 5.74) is 5.59. The lowest BCUT2D eigenvalue weighted by atomic mass is 9.98. The first kappa shape index (κ1) is 23.0. The zero-order valence-electron chi connectivity index (χ0n) is 18.6. The number of thiocarbonyl (C=S) groups is 1. The minimum absolute atomic E-state index is 0.149. The molecule has 7 heteroatoms. The molecule has 0 saturated heterocycles. The maximum absolute atomic E-state index is 12.5. The maximum atomic E-state index is 12.5. The van der Waals surface area contributed by atoms with Crippen molar-refractivity contribution in [2.45, 2.75) is 33.1 Å².